The van der Waals surface area contributed by atoms with Crippen LogP contribution >= 0.6 is 0 Å². The summed E-state index contributed by atoms with van der Waals surface area (Å²) >= 11 is 0. The van der Waals surface area contributed by atoms with Gasteiger partial charge in [-0.15, -0.1) is 0 Å². The van der Waals surface area contributed by atoms with Crippen LogP contribution in [-0.2, 0) is 0 Å². The molecule has 0 aliphatic rings. The summed E-state index contributed by atoms with van der Waals surface area (Å²) in [4.78, 5) is 25.1. The monoisotopic (exact) mass is 180 g/mol. The van der Waals surface area contributed by atoms with Crippen molar-refractivity contribution < 1.29 is 14.7 Å². The fraction of sp³-hybridized carbons (Fsp3) is 0.125. The zero-order chi connectivity index (χ0) is 9.84. The van der Waals surface area contributed by atoms with Gasteiger partial charge in [0, 0.05) is 13.2 Å². The normalized spacial score (nSPS) is 9.31. The first-order valence-electron chi connectivity index (χ1n) is 3.56. The van der Waals surface area contributed by atoms with E-state index in [1.54, 1.807) is 0 Å². The second kappa shape index (κ2) is 3.66. The highest BCUT2D eigenvalue weighted by molar-refractivity contribution is 5.93. The number of rotatable bonds is 2. The molecule has 2 N–H and O–H groups in total. The van der Waals surface area contributed by atoms with Gasteiger partial charge in [0.2, 0.25) is 0 Å². The summed E-state index contributed by atoms with van der Waals surface area (Å²) in [6.07, 6.45) is 1.15. The van der Waals surface area contributed by atoms with Crippen LogP contribution < -0.4 is 5.32 Å². The Morgan fingerprint density at radius 3 is 2.54 bits per heavy atom. The van der Waals surface area contributed by atoms with E-state index >= 15 is 0 Å². The van der Waals surface area contributed by atoms with Crippen LogP contribution in [0.2, 0.25) is 0 Å². The zero-order valence-electron chi connectivity index (χ0n) is 6.94. The van der Waals surface area contributed by atoms with E-state index in [1.807, 2.05) is 0 Å². The predicted molar refractivity (Wildman–Crippen MR) is 44.6 cm³/mol. The molecule has 1 heterocycles. The second-order valence-corrected chi connectivity index (χ2v) is 2.32. The van der Waals surface area contributed by atoms with E-state index in [9.17, 15) is 9.59 Å². The van der Waals surface area contributed by atoms with Crippen LogP contribution in [0.3, 0.4) is 0 Å². The average Bonchev–Trinajstić information content (AvgIpc) is 2.17. The third-order valence-electron chi connectivity index (χ3n) is 1.47. The molecule has 0 fully saturated rings. The molecule has 0 saturated carbocycles. The number of nitrogens with zero attached hydrogens (tertiary/aromatic N) is 1. The van der Waals surface area contributed by atoms with Crippen molar-refractivity contribution in [2.24, 2.45) is 0 Å². The summed E-state index contributed by atoms with van der Waals surface area (Å²) in [5.74, 6) is -1.40. The molecule has 5 nitrogen and oxygen atoms in total. The van der Waals surface area contributed by atoms with E-state index < -0.39 is 5.97 Å². The van der Waals surface area contributed by atoms with Gasteiger partial charge in [-0.05, 0) is 12.1 Å². The topological polar surface area (TPSA) is 79.3 Å². The molecule has 0 saturated heterocycles. The molecule has 0 bridgehead atoms. The Bertz CT molecular complexity index is 332. The van der Waals surface area contributed by atoms with Crippen molar-refractivity contribution in [2.75, 3.05) is 7.05 Å². The standard InChI is InChI=1S/C8H8N2O3/c1-9-7(11)6-3-2-5(4-10-6)8(12)13/h2-4H,1H3,(H,9,11)(H,12,13). The Morgan fingerprint density at radius 2 is 2.15 bits per heavy atom. The minimum atomic E-state index is -1.06. The number of carboxylic acids is 1. The molecule has 68 valence electrons. The number of aromatic nitrogens is 1. The Labute approximate surface area is 74.4 Å². The molecule has 5 heteroatoms. The first-order valence-corrected chi connectivity index (χ1v) is 3.56. The Kier molecular flexibility index (Phi) is 2.59. The first kappa shape index (κ1) is 9.18. The highest BCUT2D eigenvalue weighted by Crippen LogP contribution is 1.99. The van der Waals surface area contributed by atoms with Crippen LogP contribution in [0.1, 0.15) is 20.8 Å². The van der Waals surface area contributed by atoms with Gasteiger partial charge < -0.3 is 10.4 Å². The lowest BCUT2D eigenvalue weighted by Gasteiger charge is -1.98. The molecule has 0 atom stereocenters. The van der Waals surface area contributed by atoms with Gasteiger partial charge in [-0.1, -0.05) is 0 Å². The maximum Gasteiger partial charge on any atom is 0.337 e. The summed E-state index contributed by atoms with van der Waals surface area (Å²) in [5.41, 5.74) is 0.264. The van der Waals surface area contributed by atoms with Crippen LogP contribution in [-0.4, -0.2) is 29.0 Å². The smallest absolute Gasteiger partial charge is 0.337 e. The summed E-state index contributed by atoms with van der Waals surface area (Å²) in [7, 11) is 1.48. The fourth-order valence-electron chi connectivity index (χ4n) is 0.783. The second-order valence-electron chi connectivity index (χ2n) is 2.32. The van der Waals surface area contributed by atoms with E-state index in [1.165, 1.54) is 19.2 Å². The maximum atomic E-state index is 11.0. The third-order valence-corrected chi connectivity index (χ3v) is 1.47. The van der Waals surface area contributed by atoms with Crippen molar-refractivity contribution in [3.8, 4) is 0 Å². The number of nitrogens with one attached hydrogen (secondary N) is 1. The average molecular weight is 180 g/mol. The zero-order valence-corrected chi connectivity index (χ0v) is 6.94. The quantitative estimate of drug-likeness (QED) is 0.678. The van der Waals surface area contributed by atoms with Crippen LogP contribution in [0.25, 0.3) is 0 Å². The minimum absolute atomic E-state index is 0.0626. The number of carbonyl (C=O) groups excluding carboxylic acids is 1. The van der Waals surface area contributed by atoms with Gasteiger partial charge in [0.05, 0.1) is 5.56 Å². The molecule has 0 spiro atoms. The molecule has 0 aromatic carbocycles. The summed E-state index contributed by atoms with van der Waals surface area (Å²) in [6, 6.07) is 2.70. The lowest BCUT2D eigenvalue weighted by molar-refractivity contribution is 0.0695. The number of carbonyl (C=O) groups is 2. The van der Waals surface area contributed by atoms with Crippen LogP contribution in [0.4, 0.5) is 0 Å². The lowest BCUT2D eigenvalue weighted by Crippen LogP contribution is -2.19. The minimum Gasteiger partial charge on any atom is -0.478 e. The Balaban J connectivity index is 2.93. The molecule has 0 aliphatic carbocycles. The molecule has 0 aliphatic heterocycles. The van der Waals surface area contributed by atoms with E-state index in [0.29, 0.717) is 0 Å². The third kappa shape index (κ3) is 2.02. The van der Waals surface area contributed by atoms with E-state index in [4.69, 9.17) is 5.11 Å². The van der Waals surface area contributed by atoms with Gasteiger partial charge in [0.15, 0.2) is 0 Å². The van der Waals surface area contributed by atoms with Gasteiger partial charge in [-0.3, -0.25) is 9.78 Å². The molecule has 1 aromatic heterocycles. The predicted octanol–water partition coefficient (Wildman–Crippen LogP) is 0.139. The molecule has 1 rings (SSSR count). The van der Waals surface area contributed by atoms with Crippen molar-refractivity contribution in [3.63, 3.8) is 0 Å². The van der Waals surface area contributed by atoms with Crippen molar-refractivity contribution in [3.05, 3.63) is 29.6 Å². The number of pyridine rings is 1. The van der Waals surface area contributed by atoms with Crippen molar-refractivity contribution in [2.45, 2.75) is 0 Å². The van der Waals surface area contributed by atoms with Crippen LogP contribution in [0.15, 0.2) is 18.3 Å². The van der Waals surface area contributed by atoms with Crippen LogP contribution in [0.5, 0.6) is 0 Å². The number of hydrogen-bond acceptors (Lipinski definition) is 3. The van der Waals surface area contributed by atoms with Gasteiger partial charge in [-0.2, -0.15) is 0 Å². The molecular weight excluding hydrogens is 172 g/mol. The lowest BCUT2D eigenvalue weighted by atomic mass is 10.2. The Hall–Kier alpha value is -1.91. The van der Waals surface area contributed by atoms with E-state index in [2.05, 4.69) is 10.3 Å². The molecular formula is C8H8N2O3. The highest BCUT2D eigenvalue weighted by Gasteiger charge is 2.06. The van der Waals surface area contributed by atoms with Gasteiger partial charge >= 0.3 is 5.97 Å². The van der Waals surface area contributed by atoms with Crippen molar-refractivity contribution in [1.82, 2.24) is 10.3 Å². The Morgan fingerprint density at radius 1 is 1.46 bits per heavy atom. The number of amides is 1. The first-order chi connectivity index (χ1) is 6.15. The molecule has 0 unspecified atom stereocenters. The molecule has 0 radical (unpaired) electrons. The van der Waals surface area contributed by atoms with Gasteiger partial charge in [0.1, 0.15) is 5.69 Å². The fourth-order valence-corrected chi connectivity index (χ4v) is 0.783. The van der Waals surface area contributed by atoms with E-state index in [0.717, 1.165) is 6.20 Å². The number of carboxylic acid groups (broad SMARTS) is 1. The summed E-state index contributed by atoms with van der Waals surface area (Å²) < 4.78 is 0. The summed E-state index contributed by atoms with van der Waals surface area (Å²) in [5, 5.41) is 10.9. The van der Waals surface area contributed by atoms with Crippen molar-refractivity contribution >= 4 is 11.9 Å². The molecule has 1 aromatic rings. The highest BCUT2D eigenvalue weighted by atomic mass is 16.4. The van der Waals surface area contributed by atoms with Gasteiger partial charge in [0.25, 0.3) is 5.91 Å². The SMILES string of the molecule is CNC(=O)c1ccc(C(=O)O)cn1. The largest absolute Gasteiger partial charge is 0.478 e. The summed E-state index contributed by atoms with van der Waals surface area (Å²) in [6.45, 7) is 0. The van der Waals surface area contributed by atoms with Crippen LogP contribution in [0, 0.1) is 0 Å². The maximum absolute atomic E-state index is 11.0. The van der Waals surface area contributed by atoms with Gasteiger partial charge in [-0.25, -0.2) is 4.79 Å². The number of hydrogen-bond donors (Lipinski definition) is 2. The van der Waals surface area contributed by atoms with E-state index in [-0.39, 0.29) is 17.2 Å². The molecule has 1 amide bonds. The number of aromatic carboxylic acids is 1. The molecule has 13 heavy (non-hydrogen) atoms. The van der Waals surface area contributed by atoms with Crippen molar-refractivity contribution in [1.29, 1.82) is 0 Å².